The lowest BCUT2D eigenvalue weighted by atomic mass is 10.1. The molecule has 5 nitrogen and oxygen atoms in total. The Hall–Kier alpha value is -1.88. The number of hydrogen-bond acceptors (Lipinski definition) is 4. The van der Waals surface area contributed by atoms with E-state index >= 15 is 0 Å². The van der Waals surface area contributed by atoms with Crippen LogP contribution in [0.15, 0.2) is 36.7 Å². The normalized spacial score (nSPS) is 20.1. The van der Waals surface area contributed by atoms with Crippen LogP contribution in [0.25, 0.3) is 5.69 Å². The van der Waals surface area contributed by atoms with Crippen LogP contribution >= 0.6 is 0 Å². The van der Waals surface area contributed by atoms with Gasteiger partial charge in [-0.15, -0.1) is 5.10 Å². The highest BCUT2D eigenvalue weighted by Gasteiger charge is 2.17. The summed E-state index contributed by atoms with van der Waals surface area (Å²) in [5.41, 5.74) is 2.20. The molecule has 1 atom stereocenters. The zero-order chi connectivity index (χ0) is 14.5. The van der Waals surface area contributed by atoms with Gasteiger partial charge in [0, 0.05) is 12.6 Å². The van der Waals surface area contributed by atoms with Crippen molar-refractivity contribution < 1.29 is 0 Å². The van der Waals surface area contributed by atoms with Gasteiger partial charge >= 0.3 is 0 Å². The third-order valence-corrected chi connectivity index (χ3v) is 4.20. The largest absolute Gasteiger partial charge is 0.381 e. The first-order chi connectivity index (χ1) is 10.4. The summed E-state index contributed by atoms with van der Waals surface area (Å²) in [4.78, 5) is 2.53. The fourth-order valence-corrected chi connectivity index (χ4v) is 2.97. The Morgan fingerprint density at radius 3 is 2.95 bits per heavy atom. The monoisotopic (exact) mass is 285 g/mol. The molecule has 3 rings (SSSR count). The van der Waals surface area contributed by atoms with Gasteiger partial charge in [-0.1, -0.05) is 24.3 Å². The molecule has 5 heteroatoms. The maximum atomic E-state index is 4.10. The van der Waals surface area contributed by atoms with Gasteiger partial charge in [-0.2, -0.15) is 0 Å². The molecular formula is C16H23N5. The van der Waals surface area contributed by atoms with E-state index in [4.69, 9.17) is 0 Å². The van der Waals surface area contributed by atoms with E-state index in [1.165, 1.54) is 32.4 Å². The molecule has 0 saturated carbocycles. The van der Waals surface area contributed by atoms with Gasteiger partial charge in [0.05, 0.1) is 23.8 Å². The second-order valence-electron chi connectivity index (χ2n) is 5.57. The topological polar surface area (TPSA) is 46.0 Å². The van der Waals surface area contributed by atoms with Crippen LogP contribution < -0.4 is 5.32 Å². The van der Waals surface area contributed by atoms with Crippen molar-refractivity contribution in [2.24, 2.45) is 0 Å². The molecule has 1 fully saturated rings. The quantitative estimate of drug-likeness (QED) is 0.938. The predicted octanol–water partition coefficient (Wildman–Crippen LogP) is 2.55. The molecule has 1 aromatic carbocycles. The molecule has 1 saturated heterocycles. The lowest BCUT2D eigenvalue weighted by Crippen LogP contribution is -2.26. The Bertz CT molecular complexity index is 552. The number of anilines is 1. The van der Waals surface area contributed by atoms with Crippen LogP contribution in [0.1, 0.15) is 26.2 Å². The smallest absolute Gasteiger partial charge is 0.0894 e. The molecule has 0 aliphatic carbocycles. The van der Waals surface area contributed by atoms with Crippen LogP contribution in [0.4, 0.5) is 5.69 Å². The van der Waals surface area contributed by atoms with Gasteiger partial charge in [0.25, 0.3) is 0 Å². The number of likely N-dealkylation sites (tertiary alicyclic amines) is 1. The molecule has 2 heterocycles. The first-order valence-corrected chi connectivity index (χ1v) is 7.81. The number of hydrogen-bond donors (Lipinski definition) is 1. The van der Waals surface area contributed by atoms with E-state index in [0.29, 0.717) is 6.04 Å². The number of benzene rings is 1. The third-order valence-electron chi connectivity index (χ3n) is 4.20. The third kappa shape index (κ3) is 3.42. The molecule has 1 aliphatic rings. The summed E-state index contributed by atoms with van der Waals surface area (Å²) >= 11 is 0. The first-order valence-electron chi connectivity index (χ1n) is 7.81. The Balaban J connectivity index is 1.73. The molecule has 21 heavy (non-hydrogen) atoms. The SMILES string of the molecule is CCN1CCCC(Nc2ccccc2-n2ccnn2)CC1. The predicted molar refractivity (Wildman–Crippen MR) is 84.7 cm³/mol. The maximum absolute atomic E-state index is 4.10. The van der Waals surface area contributed by atoms with E-state index in [0.717, 1.165) is 17.9 Å². The molecule has 0 spiro atoms. The van der Waals surface area contributed by atoms with Crippen molar-refractivity contribution in [1.29, 1.82) is 0 Å². The van der Waals surface area contributed by atoms with Crippen LogP contribution in [-0.4, -0.2) is 45.6 Å². The average molecular weight is 285 g/mol. The minimum Gasteiger partial charge on any atom is -0.381 e. The lowest BCUT2D eigenvalue weighted by Gasteiger charge is -2.20. The Morgan fingerprint density at radius 2 is 2.14 bits per heavy atom. The molecule has 112 valence electrons. The number of para-hydroxylation sites is 2. The summed E-state index contributed by atoms with van der Waals surface area (Å²) in [5.74, 6) is 0. The number of rotatable bonds is 4. The van der Waals surface area contributed by atoms with Crippen LogP contribution in [0, 0.1) is 0 Å². The highest BCUT2D eigenvalue weighted by atomic mass is 15.4. The molecule has 0 amide bonds. The summed E-state index contributed by atoms with van der Waals surface area (Å²) in [5, 5.41) is 11.7. The van der Waals surface area contributed by atoms with Gasteiger partial charge < -0.3 is 10.2 Å². The van der Waals surface area contributed by atoms with Crippen LogP contribution in [0.3, 0.4) is 0 Å². The van der Waals surface area contributed by atoms with Crippen molar-refractivity contribution in [2.75, 3.05) is 25.0 Å². The van der Waals surface area contributed by atoms with Crippen molar-refractivity contribution in [3.63, 3.8) is 0 Å². The molecule has 1 aliphatic heterocycles. The van der Waals surface area contributed by atoms with Crippen molar-refractivity contribution in [3.8, 4) is 5.69 Å². The van der Waals surface area contributed by atoms with Gasteiger partial charge in [0.15, 0.2) is 0 Å². The second-order valence-corrected chi connectivity index (χ2v) is 5.57. The number of nitrogens with zero attached hydrogens (tertiary/aromatic N) is 4. The van der Waals surface area contributed by atoms with Crippen molar-refractivity contribution >= 4 is 5.69 Å². The Kier molecular flexibility index (Phi) is 4.50. The minimum absolute atomic E-state index is 0.534. The molecule has 1 unspecified atom stereocenters. The zero-order valence-electron chi connectivity index (χ0n) is 12.6. The van der Waals surface area contributed by atoms with E-state index in [-0.39, 0.29) is 0 Å². The molecule has 2 aromatic rings. The van der Waals surface area contributed by atoms with E-state index in [2.05, 4.69) is 45.7 Å². The fraction of sp³-hybridized carbons (Fsp3) is 0.500. The van der Waals surface area contributed by atoms with Crippen molar-refractivity contribution in [3.05, 3.63) is 36.7 Å². The highest BCUT2D eigenvalue weighted by Crippen LogP contribution is 2.22. The highest BCUT2D eigenvalue weighted by molar-refractivity contribution is 5.60. The summed E-state index contributed by atoms with van der Waals surface area (Å²) in [6.45, 7) is 5.80. The van der Waals surface area contributed by atoms with E-state index in [9.17, 15) is 0 Å². The zero-order valence-corrected chi connectivity index (χ0v) is 12.6. The molecule has 1 aromatic heterocycles. The fourth-order valence-electron chi connectivity index (χ4n) is 2.97. The molecule has 1 N–H and O–H groups in total. The minimum atomic E-state index is 0.534. The van der Waals surface area contributed by atoms with E-state index in [1.54, 1.807) is 6.20 Å². The van der Waals surface area contributed by atoms with Crippen LogP contribution in [-0.2, 0) is 0 Å². The Labute approximate surface area is 126 Å². The number of nitrogens with one attached hydrogen (secondary N) is 1. The van der Waals surface area contributed by atoms with Gasteiger partial charge in [0.1, 0.15) is 0 Å². The van der Waals surface area contributed by atoms with Crippen LogP contribution in [0.5, 0.6) is 0 Å². The van der Waals surface area contributed by atoms with Crippen molar-refractivity contribution in [2.45, 2.75) is 32.2 Å². The van der Waals surface area contributed by atoms with Gasteiger partial charge in [-0.05, 0) is 44.5 Å². The lowest BCUT2D eigenvalue weighted by molar-refractivity contribution is 0.300. The van der Waals surface area contributed by atoms with Crippen molar-refractivity contribution in [1.82, 2.24) is 19.9 Å². The second kappa shape index (κ2) is 6.72. The van der Waals surface area contributed by atoms with Gasteiger partial charge in [-0.25, -0.2) is 4.68 Å². The molecule has 0 bridgehead atoms. The van der Waals surface area contributed by atoms with Gasteiger partial charge in [0.2, 0.25) is 0 Å². The standard InChI is InChI=1S/C16H23N5/c1-2-20-11-5-6-14(9-12-20)18-15-7-3-4-8-16(15)21-13-10-17-19-21/h3-4,7-8,10,13-14,18H,2,5-6,9,11-12H2,1H3. The van der Waals surface area contributed by atoms with E-state index < -0.39 is 0 Å². The summed E-state index contributed by atoms with van der Waals surface area (Å²) in [6, 6.07) is 8.84. The van der Waals surface area contributed by atoms with Gasteiger partial charge in [-0.3, -0.25) is 0 Å². The van der Waals surface area contributed by atoms with Crippen LogP contribution in [0.2, 0.25) is 0 Å². The first kappa shape index (κ1) is 14.1. The summed E-state index contributed by atoms with van der Waals surface area (Å²) in [7, 11) is 0. The number of aromatic nitrogens is 3. The summed E-state index contributed by atoms with van der Waals surface area (Å²) < 4.78 is 1.82. The Morgan fingerprint density at radius 1 is 1.24 bits per heavy atom. The molecular weight excluding hydrogens is 262 g/mol. The van der Waals surface area contributed by atoms with E-state index in [1.807, 2.05) is 16.9 Å². The summed E-state index contributed by atoms with van der Waals surface area (Å²) in [6.07, 6.45) is 7.27. The maximum Gasteiger partial charge on any atom is 0.0894 e. The molecule has 0 radical (unpaired) electrons. The average Bonchev–Trinajstić information content (AvgIpc) is 2.95.